The van der Waals surface area contributed by atoms with Crippen molar-refractivity contribution < 1.29 is 4.79 Å². The lowest BCUT2D eigenvalue weighted by Gasteiger charge is -2.10. The van der Waals surface area contributed by atoms with Crippen molar-refractivity contribution in [3.05, 3.63) is 54.1 Å². The van der Waals surface area contributed by atoms with Gasteiger partial charge >= 0.3 is 0 Å². The van der Waals surface area contributed by atoms with E-state index in [1.165, 1.54) is 0 Å². The highest BCUT2D eigenvalue weighted by Crippen LogP contribution is 2.16. The van der Waals surface area contributed by atoms with Crippen LogP contribution in [0.3, 0.4) is 0 Å². The first-order valence-corrected chi connectivity index (χ1v) is 6.66. The van der Waals surface area contributed by atoms with Gasteiger partial charge in [-0.25, -0.2) is 0 Å². The minimum atomic E-state index is 0.0165. The number of hydrogen-bond acceptors (Lipinski definition) is 3. The molecule has 0 aliphatic rings. The predicted molar refractivity (Wildman–Crippen MR) is 83.5 cm³/mol. The topological polar surface area (TPSA) is 67.2 Å². The zero-order chi connectivity index (χ0) is 14.4. The highest BCUT2D eigenvalue weighted by atomic mass is 16.1. The van der Waals surface area contributed by atoms with Gasteiger partial charge in [0, 0.05) is 30.0 Å². The van der Waals surface area contributed by atoms with Gasteiger partial charge in [0.2, 0.25) is 5.91 Å². The Morgan fingerprint density at radius 2 is 1.70 bits per heavy atom. The van der Waals surface area contributed by atoms with E-state index in [4.69, 9.17) is 5.73 Å². The summed E-state index contributed by atoms with van der Waals surface area (Å²) in [6, 6.07) is 15.4. The van der Waals surface area contributed by atoms with Crippen LogP contribution >= 0.6 is 0 Å². The van der Waals surface area contributed by atoms with Crippen LogP contribution in [0.4, 0.5) is 17.1 Å². The average molecular weight is 269 g/mol. The van der Waals surface area contributed by atoms with Crippen molar-refractivity contribution in [2.45, 2.75) is 19.9 Å². The van der Waals surface area contributed by atoms with Crippen LogP contribution in [0.1, 0.15) is 18.9 Å². The minimum absolute atomic E-state index is 0.0165. The summed E-state index contributed by atoms with van der Waals surface area (Å²) in [5, 5.41) is 6.12. The van der Waals surface area contributed by atoms with Gasteiger partial charge in [-0.05, 0) is 35.9 Å². The summed E-state index contributed by atoms with van der Waals surface area (Å²) >= 11 is 0. The molecular formula is C16H19N3O. The minimum Gasteiger partial charge on any atom is -0.398 e. The zero-order valence-corrected chi connectivity index (χ0v) is 11.5. The van der Waals surface area contributed by atoms with Crippen LogP contribution in [0.25, 0.3) is 0 Å². The van der Waals surface area contributed by atoms with Crippen molar-refractivity contribution >= 4 is 23.0 Å². The van der Waals surface area contributed by atoms with E-state index in [0.717, 1.165) is 22.6 Å². The van der Waals surface area contributed by atoms with Crippen molar-refractivity contribution in [1.29, 1.82) is 0 Å². The lowest BCUT2D eigenvalue weighted by atomic mass is 10.2. The number of rotatable bonds is 5. The highest BCUT2D eigenvalue weighted by Gasteiger charge is 2.00. The van der Waals surface area contributed by atoms with Crippen LogP contribution < -0.4 is 16.4 Å². The van der Waals surface area contributed by atoms with E-state index in [-0.39, 0.29) is 5.91 Å². The second kappa shape index (κ2) is 6.61. The van der Waals surface area contributed by atoms with Crippen molar-refractivity contribution in [3.8, 4) is 0 Å². The first-order valence-electron chi connectivity index (χ1n) is 6.66. The average Bonchev–Trinajstić information content (AvgIpc) is 2.48. The number of para-hydroxylation sites is 1. The van der Waals surface area contributed by atoms with Crippen molar-refractivity contribution in [2.75, 3.05) is 16.4 Å². The molecular weight excluding hydrogens is 250 g/mol. The van der Waals surface area contributed by atoms with E-state index in [1.807, 2.05) is 55.5 Å². The second-order valence-electron chi connectivity index (χ2n) is 4.53. The molecule has 0 aliphatic heterocycles. The first kappa shape index (κ1) is 13.9. The third kappa shape index (κ3) is 3.75. The predicted octanol–water partition coefficient (Wildman–Crippen LogP) is 3.23. The Labute approximate surface area is 119 Å². The maximum Gasteiger partial charge on any atom is 0.224 e. The fraction of sp³-hybridized carbons (Fsp3) is 0.188. The van der Waals surface area contributed by atoms with Crippen LogP contribution in [0, 0.1) is 0 Å². The van der Waals surface area contributed by atoms with Gasteiger partial charge < -0.3 is 16.4 Å². The molecule has 2 rings (SSSR count). The molecule has 104 valence electrons. The summed E-state index contributed by atoms with van der Waals surface area (Å²) in [5.74, 6) is 0.0165. The summed E-state index contributed by atoms with van der Waals surface area (Å²) < 4.78 is 0. The van der Waals surface area contributed by atoms with Crippen molar-refractivity contribution in [3.63, 3.8) is 0 Å². The maximum absolute atomic E-state index is 11.3. The number of nitrogens with two attached hydrogens (primary N) is 1. The molecule has 0 aliphatic carbocycles. The van der Waals surface area contributed by atoms with E-state index in [0.29, 0.717) is 13.0 Å². The third-order valence-corrected chi connectivity index (χ3v) is 3.03. The fourth-order valence-corrected chi connectivity index (χ4v) is 1.81. The molecule has 0 saturated heterocycles. The number of benzene rings is 2. The molecule has 2 aromatic carbocycles. The van der Waals surface area contributed by atoms with Gasteiger partial charge in [-0.2, -0.15) is 0 Å². The van der Waals surface area contributed by atoms with E-state index in [9.17, 15) is 4.79 Å². The van der Waals surface area contributed by atoms with Crippen LogP contribution in [0.5, 0.6) is 0 Å². The zero-order valence-electron chi connectivity index (χ0n) is 11.5. The summed E-state index contributed by atoms with van der Waals surface area (Å²) in [6.07, 6.45) is 0.479. The molecule has 4 nitrogen and oxygen atoms in total. The smallest absolute Gasteiger partial charge is 0.224 e. The van der Waals surface area contributed by atoms with E-state index in [1.54, 1.807) is 0 Å². The van der Waals surface area contributed by atoms with Gasteiger partial charge in [0.1, 0.15) is 0 Å². The van der Waals surface area contributed by atoms with Crippen LogP contribution in [-0.2, 0) is 11.3 Å². The Bertz CT molecular complexity index is 579. The Hall–Kier alpha value is -2.49. The number of amides is 1. The molecule has 0 radical (unpaired) electrons. The van der Waals surface area contributed by atoms with Crippen LogP contribution in [-0.4, -0.2) is 5.91 Å². The maximum atomic E-state index is 11.3. The van der Waals surface area contributed by atoms with Crippen molar-refractivity contribution in [2.24, 2.45) is 0 Å². The SMILES string of the molecule is CCC(=O)Nc1ccc(NCc2ccccc2N)cc1. The molecule has 2 aromatic rings. The number of anilines is 3. The Balaban J connectivity index is 1.94. The first-order chi connectivity index (χ1) is 9.69. The molecule has 4 heteroatoms. The fourth-order valence-electron chi connectivity index (χ4n) is 1.81. The molecule has 4 N–H and O–H groups in total. The Morgan fingerprint density at radius 1 is 1.05 bits per heavy atom. The largest absolute Gasteiger partial charge is 0.398 e. The molecule has 0 fully saturated rings. The molecule has 20 heavy (non-hydrogen) atoms. The van der Waals surface area contributed by atoms with Gasteiger partial charge in [0.05, 0.1) is 0 Å². The van der Waals surface area contributed by atoms with Gasteiger partial charge in [-0.15, -0.1) is 0 Å². The number of hydrogen-bond donors (Lipinski definition) is 3. The van der Waals surface area contributed by atoms with E-state index < -0.39 is 0 Å². The molecule has 0 bridgehead atoms. The van der Waals surface area contributed by atoms with E-state index in [2.05, 4.69) is 10.6 Å². The van der Waals surface area contributed by atoms with E-state index >= 15 is 0 Å². The molecule has 0 spiro atoms. The second-order valence-corrected chi connectivity index (χ2v) is 4.53. The molecule has 0 atom stereocenters. The quantitative estimate of drug-likeness (QED) is 0.730. The monoisotopic (exact) mass is 269 g/mol. The molecule has 1 amide bonds. The van der Waals surface area contributed by atoms with Gasteiger partial charge in [-0.1, -0.05) is 25.1 Å². The summed E-state index contributed by atoms with van der Waals surface area (Å²) in [7, 11) is 0. The lowest BCUT2D eigenvalue weighted by Crippen LogP contribution is -2.09. The third-order valence-electron chi connectivity index (χ3n) is 3.03. The van der Waals surface area contributed by atoms with Gasteiger partial charge in [0.15, 0.2) is 0 Å². The van der Waals surface area contributed by atoms with Crippen LogP contribution in [0.15, 0.2) is 48.5 Å². The summed E-state index contributed by atoms with van der Waals surface area (Å²) in [5.41, 5.74) is 9.54. The molecule has 0 unspecified atom stereocenters. The van der Waals surface area contributed by atoms with Gasteiger partial charge in [-0.3, -0.25) is 4.79 Å². The number of nitrogen functional groups attached to an aromatic ring is 1. The normalized spacial score (nSPS) is 10.1. The molecule has 0 saturated carbocycles. The molecule has 0 aromatic heterocycles. The van der Waals surface area contributed by atoms with Crippen LogP contribution in [0.2, 0.25) is 0 Å². The van der Waals surface area contributed by atoms with Crippen molar-refractivity contribution in [1.82, 2.24) is 0 Å². The summed E-state index contributed by atoms with van der Waals surface area (Å²) in [4.78, 5) is 11.3. The number of carbonyl (C=O) groups is 1. The standard InChI is InChI=1S/C16H19N3O/c1-2-16(20)19-14-9-7-13(8-10-14)18-11-12-5-3-4-6-15(12)17/h3-10,18H,2,11,17H2,1H3,(H,19,20). The lowest BCUT2D eigenvalue weighted by molar-refractivity contribution is -0.115. The Morgan fingerprint density at radius 3 is 2.35 bits per heavy atom. The Kier molecular flexibility index (Phi) is 4.60. The number of nitrogens with one attached hydrogen (secondary N) is 2. The molecule has 0 heterocycles. The highest BCUT2D eigenvalue weighted by molar-refractivity contribution is 5.90. The number of carbonyl (C=O) groups excluding carboxylic acids is 1. The summed E-state index contributed by atoms with van der Waals surface area (Å²) in [6.45, 7) is 2.50. The van der Waals surface area contributed by atoms with Gasteiger partial charge in [0.25, 0.3) is 0 Å².